The van der Waals surface area contributed by atoms with Crippen molar-refractivity contribution in [1.82, 2.24) is 5.32 Å². The summed E-state index contributed by atoms with van der Waals surface area (Å²) in [6.07, 6.45) is 1.60. The van der Waals surface area contributed by atoms with Crippen LogP contribution in [0.5, 0.6) is 0 Å². The Hall–Kier alpha value is -0.160. The molecule has 1 rings (SSSR count). The minimum absolute atomic E-state index is 0.165. The zero-order chi connectivity index (χ0) is 10.4. The van der Waals surface area contributed by atoms with E-state index in [0.29, 0.717) is 26.2 Å². The smallest absolute Gasteiger partial charge is 0.0818 e. The highest BCUT2D eigenvalue weighted by Gasteiger charge is 2.32. The maximum Gasteiger partial charge on any atom is 0.0818 e. The highest BCUT2D eigenvalue weighted by atomic mass is 16.5. The maximum absolute atomic E-state index is 10.2. The summed E-state index contributed by atoms with van der Waals surface area (Å²) in [5, 5.41) is 13.3. The molecule has 2 N–H and O–H groups in total. The van der Waals surface area contributed by atoms with E-state index in [1.807, 2.05) is 6.92 Å². The molecule has 1 saturated heterocycles. The van der Waals surface area contributed by atoms with Crippen LogP contribution in [-0.2, 0) is 9.47 Å². The average Bonchev–Trinajstić information content (AvgIpc) is 2.12. The topological polar surface area (TPSA) is 50.7 Å². The fourth-order valence-electron chi connectivity index (χ4n) is 1.80. The second kappa shape index (κ2) is 5.66. The SMILES string of the molecule is COCCNCC1(O)CCOC(C)C1. The van der Waals surface area contributed by atoms with Gasteiger partial charge in [0.2, 0.25) is 0 Å². The molecule has 14 heavy (non-hydrogen) atoms. The lowest BCUT2D eigenvalue weighted by Crippen LogP contribution is -2.47. The maximum atomic E-state index is 10.2. The molecule has 1 heterocycles. The summed E-state index contributed by atoms with van der Waals surface area (Å²) in [4.78, 5) is 0. The average molecular weight is 203 g/mol. The summed E-state index contributed by atoms with van der Waals surface area (Å²) in [7, 11) is 1.67. The zero-order valence-corrected chi connectivity index (χ0v) is 9.08. The lowest BCUT2D eigenvalue weighted by atomic mass is 9.91. The molecule has 84 valence electrons. The van der Waals surface area contributed by atoms with Gasteiger partial charge in [-0.1, -0.05) is 0 Å². The monoisotopic (exact) mass is 203 g/mol. The van der Waals surface area contributed by atoms with Crippen molar-refractivity contribution in [3.63, 3.8) is 0 Å². The number of hydrogen-bond donors (Lipinski definition) is 2. The molecule has 4 nitrogen and oxygen atoms in total. The van der Waals surface area contributed by atoms with Gasteiger partial charge in [0, 0.05) is 39.6 Å². The van der Waals surface area contributed by atoms with Gasteiger partial charge in [0.25, 0.3) is 0 Å². The van der Waals surface area contributed by atoms with Crippen molar-refractivity contribution in [3.05, 3.63) is 0 Å². The van der Waals surface area contributed by atoms with E-state index in [0.717, 1.165) is 13.0 Å². The Morgan fingerprint density at radius 2 is 2.43 bits per heavy atom. The van der Waals surface area contributed by atoms with Crippen molar-refractivity contribution in [2.24, 2.45) is 0 Å². The van der Waals surface area contributed by atoms with Crippen molar-refractivity contribution >= 4 is 0 Å². The minimum Gasteiger partial charge on any atom is -0.388 e. The summed E-state index contributed by atoms with van der Waals surface area (Å²) < 4.78 is 10.3. The van der Waals surface area contributed by atoms with Gasteiger partial charge in [-0.05, 0) is 6.92 Å². The van der Waals surface area contributed by atoms with Crippen LogP contribution >= 0.6 is 0 Å². The summed E-state index contributed by atoms with van der Waals surface area (Å²) >= 11 is 0. The van der Waals surface area contributed by atoms with Gasteiger partial charge in [-0.25, -0.2) is 0 Å². The highest BCUT2D eigenvalue weighted by molar-refractivity contribution is 4.86. The van der Waals surface area contributed by atoms with Gasteiger partial charge in [0.05, 0.1) is 18.3 Å². The van der Waals surface area contributed by atoms with E-state index in [1.54, 1.807) is 7.11 Å². The molecular weight excluding hydrogens is 182 g/mol. The molecule has 0 aromatic rings. The molecule has 1 fully saturated rings. The number of ether oxygens (including phenoxy) is 2. The van der Waals surface area contributed by atoms with E-state index < -0.39 is 5.60 Å². The van der Waals surface area contributed by atoms with E-state index in [1.165, 1.54) is 0 Å². The Kier molecular flexibility index (Phi) is 4.81. The first kappa shape index (κ1) is 11.9. The normalized spacial score (nSPS) is 33.2. The van der Waals surface area contributed by atoms with Crippen molar-refractivity contribution in [2.45, 2.75) is 31.5 Å². The van der Waals surface area contributed by atoms with Crippen molar-refractivity contribution in [3.8, 4) is 0 Å². The van der Waals surface area contributed by atoms with E-state index >= 15 is 0 Å². The van der Waals surface area contributed by atoms with E-state index in [2.05, 4.69) is 5.32 Å². The molecule has 0 amide bonds. The Labute approximate surface area is 85.6 Å². The molecule has 0 spiro atoms. The second-order valence-electron chi connectivity index (χ2n) is 4.03. The van der Waals surface area contributed by atoms with Gasteiger partial charge in [-0.2, -0.15) is 0 Å². The van der Waals surface area contributed by atoms with Crippen LogP contribution in [0.4, 0.5) is 0 Å². The van der Waals surface area contributed by atoms with Gasteiger partial charge in [0.15, 0.2) is 0 Å². The predicted molar refractivity (Wildman–Crippen MR) is 54.3 cm³/mol. The Balaban J connectivity index is 2.19. The van der Waals surface area contributed by atoms with E-state index in [4.69, 9.17) is 9.47 Å². The van der Waals surface area contributed by atoms with Gasteiger partial charge in [-0.15, -0.1) is 0 Å². The van der Waals surface area contributed by atoms with Crippen molar-refractivity contribution < 1.29 is 14.6 Å². The summed E-state index contributed by atoms with van der Waals surface area (Å²) in [5.74, 6) is 0. The van der Waals surface area contributed by atoms with E-state index in [9.17, 15) is 5.11 Å². The molecule has 0 saturated carbocycles. The zero-order valence-electron chi connectivity index (χ0n) is 9.08. The van der Waals surface area contributed by atoms with Gasteiger partial charge in [-0.3, -0.25) is 0 Å². The standard InChI is InChI=1S/C10H21NO3/c1-9-7-10(12,3-5-14-9)8-11-4-6-13-2/h9,11-12H,3-8H2,1-2H3. The summed E-state index contributed by atoms with van der Waals surface area (Å²) in [5.41, 5.74) is -0.592. The predicted octanol–water partition coefficient (Wildman–Crippen LogP) is 0.152. The van der Waals surface area contributed by atoms with Gasteiger partial charge >= 0.3 is 0 Å². The number of methoxy groups -OCH3 is 1. The number of hydrogen-bond acceptors (Lipinski definition) is 4. The first-order valence-corrected chi connectivity index (χ1v) is 5.20. The Morgan fingerprint density at radius 1 is 1.64 bits per heavy atom. The van der Waals surface area contributed by atoms with Crippen molar-refractivity contribution in [2.75, 3.05) is 33.4 Å². The van der Waals surface area contributed by atoms with Crippen molar-refractivity contribution in [1.29, 1.82) is 0 Å². The number of aliphatic hydroxyl groups is 1. The first-order chi connectivity index (χ1) is 6.66. The van der Waals surface area contributed by atoms with Crippen LogP contribution in [0.3, 0.4) is 0 Å². The third kappa shape index (κ3) is 3.92. The van der Waals surface area contributed by atoms with Crippen LogP contribution in [-0.4, -0.2) is 50.2 Å². The lowest BCUT2D eigenvalue weighted by Gasteiger charge is -2.35. The second-order valence-corrected chi connectivity index (χ2v) is 4.03. The van der Waals surface area contributed by atoms with E-state index in [-0.39, 0.29) is 6.10 Å². The fourth-order valence-corrected chi connectivity index (χ4v) is 1.80. The Morgan fingerprint density at radius 3 is 3.07 bits per heavy atom. The van der Waals surface area contributed by atoms with Crippen LogP contribution in [0.15, 0.2) is 0 Å². The summed E-state index contributed by atoms with van der Waals surface area (Å²) in [6, 6.07) is 0. The Bertz CT molecular complexity index is 165. The molecule has 2 unspecified atom stereocenters. The molecule has 0 radical (unpaired) electrons. The largest absolute Gasteiger partial charge is 0.388 e. The molecule has 4 heteroatoms. The number of rotatable bonds is 5. The summed E-state index contributed by atoms with van der Waals surface area (Å²) in [6.45, 7) is 4.75. The lowest BCUT2D eigenvalue weighted by molar-refractivity contribution is -0.0951. The van der Waals surface area contributed by atoms with Crippen LogP contribution in [0.25, 0.3) is 0 Å². The third-order valence-corrected chi connectivity index (χ3v) is 2.57. The highest BCUT2D eigenvalue weighted by Crippen LogP contribution is 2.23. The molecule has 1 aliphatic heterocycles. The molecule has 0 aromatic heterocycles. The third-order valence-electron chi connectivity index (χ3n) is 2.57. The van der Waals surface area contributed by atoms with Crippen LogP contribution in [0.2, 0.25) is 0 Å². The first-order valence-electron chi connectivity index (χ1n) is 5.20. The molecule has 0 aliphatic carbocycles. The van der Waals surface area contributed by atoms with Gasteiger partial charge in [0.1, 0.15) is 0 Å². The van der Waals surface area contributed by atoms with Gasteiger partial charge < -0.3 is 19.9 Å². The fraction of sp³-hybridized carbons (Fsp3) is 1.00. The molecule has 1 aliphatic rings. The van der Waals surface area contributed by atoms with Crippen LogP contribution in [0, 0.1) is 0 Å². The molecule has 0 aromatic carbocycles. The minimum atomic E-state index is -0.592. The molecule has 2 atom stereocenters. The molecular formula is C10H21NO3. The van der Waals surface area contributed by atoms with Crippen LogP contribution < -0.4 is 5.32 Å². The quantitative estimate of drug-likeness (QED) is 0.625. The number of nitrogens with one attached hydrogen (secondary N) is 1. The molecule has 0 bridgehead atoms. The van der Waals surface area contributed by atoms with Crippen LogP contribution in [0.1, 0.15) is 19.8 Å².